The molecule has 0 saturated heterocycles. The number of aromatic nitrogens is 1. The fraction of sp³-hybridized carbons (Fsp3) is 0.182. The number of methoxy groups -OCH3 is 1. The van der Waals surface area contributed by atoms with Gasteiger partial charge in [0.15, 0.2) is 5.13 Å². The first-order valence-corrected chi connectivity index (χ1v) is 5.49. The van der Waals surface area contributed by atoms with Gasteiger partial charge in [0.25, 0.3) is 0 Å². The molecule has 4 heteroatoms. The Morgan fingerprint density at radius 1 is 1.40 bits per heavy atom. The maximum absolute atomic E-state index is 5.14. The van der Waals surface area contributed by atoms with Gasteiger partial charge in [-0.3, -0.25) is 0 Å². The Morgan fingerprint density at radius 3 is 2.93 bits per heavy atom. The standard InChI is InChI=1S/C11H12N2OS/c1-8-7-15-11(12-8)13-9-4-3-5-10(6-9)14-2/h3-7H,1-2H3,(H,12,13). The van der Waals surface area contributed by atoms with Crippen LogP contribution in [0.25, 0.3) is 0 Å². The molecule has 1 N–H and O–H groups in total. The predicted molar refractivity (Wildman–Crippen MR) is 63.1 cm³/mol. The highest BCUT2D eigenvalue weighted by Gasteiger charge is 1.99. The Morgan fingerprint density at radius 2 is 2.27 bits per heavy atom. The van der Waals surface area contributed by atoms with Crippen molar-refractivity contribution in [3.63, 3.8) is 0 Å². The fourth-order valence-electron chi connectivity index (χ4n) is 1.24. The highest BCUT2D eigenvalue weighted by molar-refractivity contribution is 7.13. The van der Waals surface area contributed by atoms with Crippen molar-refractivity contribution in [2.75, 3.05) is 12.4 Å². The molecular formula is C11H12N2OS. The Labute approximate surface area is 92.7 Å². The van der Waals surface area contributed by atoms with Crippen LogP contribution in [0.2, 0.25) is 0 Å². The Balaban J connectivity index is 2.16. The maximum atomic E-state index is 5.14. The summed E-state index contributed by atoms with van der Waals surface area (Å²) in [5.74, 6) is 0.841. The van der Waals surface area contributed by atoms with Crippen LogP contribution in [0.15, 0.2) is 29.6 Å². The molecule has 0 aliphatic heterocycles. The SMILES string of the molecule is COc1cccc(Nc2nc(C)cs2)c1. The Bertz CT molecular complexity index is 453. The maximum Gasteiger partial charge on any atom is 0.187 e. The lowest BCUT2D eigenvalue weighted by atomic mass is 10.3. The molecular weight excluding hydrogens is 208 g/mol. The molecule has 1 aromatic heterocycles. The number of aryl methyl sites for hydroxylation is 1. The van der Waals surface area contributed by atoms with Crippen molar-refractivity contribution in [3.8, 4) is 5.75 Å². The van der Waals surface area contributed by atoms with Crippen LogP contribution in [0.4, 0.5) is 10.8 Å². The van der Waals surface area contributed by atoms with E-state index in [1.54, 1.807) is 18.4 Å². The smallest absolute Gasteiger partial charge is 0.187 e. The zero-order valence-electron chi connectivity index (χ0n) is 8.65. The van der Waals surface area contributed by atoms with Crippen LogP contribution in [0.1, 0.15) is 5.69 Å². The summed E-state index contributed by atoms with van der Waals surface area (Å²) in [6, 6.07) is 7.79. The molecule has 0 aliphatic rings. The largest absolute Gasteiger partial charge is 0.497 e. The number of hydrogen-bond acceptors (Lipinski definition) is 4. The van der Waals surface area contributed by atoms with Crippen molar-refractivity contribution in [1.82, 2.24) is 4.98 Å². The number of hydrogen-bond donors (Lipinski definition) is 1. The minimum atomic E-state index is 0.841. The van der Waals surface area contributed by atoms with Crippen LogP contribution in [0, 0.1) is 6.92 Å². The van der Waals surface area contributed by atoms with E-state index in [-0.39, 0.29) is 0 Å². The van der Waals surface area contributed by atoms with Crippen molar-refractivity contribution in [3.05, 3.63) is 35.3 Å². The molecule has 2 aromatic rings. The lowest BCUT2D eigenvalue weighted by molar-refractivity contribution is 0.415. The Hall–Kier alpha value is -1.55. The van der Waals surface area contributed by atoms with E-state index in [4.69, 9.17) is 4.74 Å². The van der Waals surface area contributed by atoms with E-state index in [0.717, 1.165) is 22.3 Å². The molecule has 0 atom stereocenters. The van der Waals surface area contributed by atoms with Gasteiger partial charge in [-0.2, -0.15) is 0 Å². The molecule has 78 valence electrons. The van der Waals surface area contributed by atoms with E-state index in [1.807, 2.05) is 36.6 Å². The van der Waals surface area contributed by atoms with Gasteiger partial charge in [0.05, 0.1) is 12.8 Å². The van der Waals surface area contributed by atoms with Crippen LogP contribution in [-0.2, 0) is 0 Å². The monoisotopic (exact) mass is 220 g/mol. The molecule has 1 heterocycles. The zero-order chi connectivity index (χ0) is 10.7. The molecule has 2 rings (SSSR count). The van der Waals surface area contributed by atoms with Crippen molar-refractivity contribution in [2.45, 2.75) is 6.92 Å². The van der Waals surface area contributed by atoms with Gasteiger partial charge in [-0.1, -0.05) is 6.07 Å². The summed E-state index contributed by atoms with van der Waals surface area (Å²) in [6.45, 7) is 1.98. The molecule has 0 radical (unpaired) electrons. The van der Waals surface area contributed by atoms with Gasteiger partial charge < -0.3 is 10.1 Å². The van der Waals surface area contributed by atoms with Crippen molar-refractivity contribution >= 4 is 22.2 Å². The van der Waals surface area contributed by atoms with Gasteiger partial charge >= 0.3 is 0 Å². The quantitative estimate of drug-likeness (QED) is 0.862. The van der Waals surface area contributed by atoms with Crippen LogP contribution in [0.5, 0.6) is 5.75 Å². The molecule has 15 heavy (non-hydrogen) atoms. The number of nitrogens with one attached hydrogen (secondary N) is 1. The lowest BCUT2D eigenvalue weighted by Crippen LogP contribution is -1.90. The minimum Gasteiger partial charge on any atom is -0.497 e. The van der Waals surface area contributed by atoms with Crippen LogP contribution in [0.3, 0.4) is 0 Å². The summed E-state index contributed by atoms with van der Waals surface area (Å²) in [5, 5.41) is 6.15. The minimum absolute atomic E-state index is 0.841. The van der Waals surface area contributed by atoms with E-state index < -0.39 is 0 Å². The predicted octanol–water partition coefficient (Wildman–Crippen LogP) is 3.20. The van der Waals surface area contributed by atoms with Crippen molar-refractivity contribution < 1.29 is 4.74 Å². The second-order valence-electron chi connectivity index (χ2n) is 3.15. The van der Waals surface area contributed by atoms with Gasteiger partial charge in [-0.25, -0.2) is 4.98 Å². The first-order valence-electron chi connectivity index (χ1n) is 4.61. The second-order valence-corrected chi connectivity index (χ2v) is 4.01. The summed E-state index contributed by atoms with van der Waals surface area (Å²) in [6.07, 6.45) is 0. The average Bonchev–Trinajstić information content (AvgIpc) is 2.64. The summed E-state index contributed by atoms with van der Waals surface area (Å²) >= 11 is 1.59. The molecule has 0 amide bonds. The summed E-state index contributed by atoms with van der Waals surface area (Å²) in [4.78, 5) is 4.33. The fourth-order valence-corrected chi connectivity index (χ4v) is 1.94. The molecule has 0 spiro atoms. The van der Waals surface area contributed by atoms with E-state index in [2.05, 4.69) is 10.3 Å². The van der Waals surface area contributed by atoms with Crippen LogP contribution >= 0.6 is 11.3 Å². The third-order valence-corrected chi connectivity index (χ3v) is 2.82. The number of anilines is 2. The van der Waals surface area contributed by atoms with Crippen LogP contribution in [-0.4, -0.2) is 12.1 Å². The lowest BCUT2D eigenvalue weighted by Gasteiger charge is -2.04. The van der Waals surface area contributed by atoms with E-state index in [1.165, 1.54) is 0 Å². The molecule has 0 saturated carbocycles. The summed E-state index contributed by atoms with van der Waals surface area (Å²) in [5.41, 5.74) is 2.02. The molecule has 0 fully saturated rings. The first-order chi connectivity index (χ1) is 7.28. The summed E-state index contributed by atoms with van der Waals surface area (Å²) < 4.78 is 5.14. The molecule has 0 unspecified atom stereocenters. The number of benzene rings is 1. The zero-order valence-corrected chi connectivity index (χ0v) is 9.47. The summed E-state index contributed by atoms with van der Waals surface area (Å²) in [7, 11) is 1.66. The number of rotatable bonds is 3. The highest BCUT2D eigenvalue weighted by Crippen LogP contribution is 2.23. The molecule has 1 aromatic carbocycles. The number of thiazole rings is 1. The van der Waals surface area contributed by atoms with E-state index >= 15 is 0 Å². The Kier molecular flexibility index (Phi) is 2.87. The van der Waals surface area contributed by atoms with Gasteiger partial charge in [0.1, 0.15) is 5.75 Å². The van der Waals surface area contributed by atoms with Crippen molar-refractivity contribution in [1.29, 1.82) is 0 Å². The molecule has 3 nitrogen and oxygen atoms in total. The van der Waals surface area contributed by atoms with E-state index in [0.29, 0.717) is 0 Å². The number of nitrogens with zero attached hydrogens (tertiary/aromatic N) is 1. The van der Waals surface area contributed by atoms with Gasteiger partial charge in [-0.05, 0) is 19.1 Å². The van der Waals surface area contributed by atoms with Crippen molar-refractivity contribution in [2.24, 2.45) is 0 Å². The van der Waals surface area contributed by atoms with Gasteiger partial charge in [0, 0.05) is 17.1 Å². The van der Waals surface area contributed by atoms with Gasteiger partial charge in [0.2, 0.25) is 0 Å². The highest BCUT2D eigenvalue weighted by atomic mass is 32.1. The third kappa shape index (κ3) is 2.47. The van der Waals surface area contributed by atoms with Crippen LogP contribution < -0.4 is 10.1 Å². The van der Waals surface area contributed by atoms with Gasteiger partial charge in [-0.15, -0.1) is 11.3 Å². The average molecular weight is 220 g/mol. The topological polar surface area (TPSA) is 34.1 Å². The van der Waals surface area contributed by atoms with E-state index in [9.17, 15) is 0 Å². The second kappa shape index (κ2) is 4.31. The molecule has 0 bridgehead atoms. The first kappa shape index (κ1) is 9.98. The number of ether oxygens (including phenoxy) is 1. The molecule has 0 aliphatic carbocycles. The third-order valence-electron chi connectivity index (χ3n) is 1.94. The normalized spacial score (nSPS) is 10.0.